The van der Waals surface area contributed by atoms with Gasteiger partial charge in [0.1, 0.15) is 11.4 Å². The van der Waals surface area contributed by atoms with Crippen LogP contribution in [0, 0.1) is 5.82 Å². The zero-order valence-electron chi connectivity index (χ0n) is 24.8. The number of H-pyrrole nitrogens is 1. The summed E-state index contributed by atoms with van der Waals surface area (Å²) in [6.45, 7) is -1.56. The highest BCUT2D eigenvalue weighted by atomic mass is 19.4. The van der Waals surface area contributed by atoms with Crippen LogP contribution in [-0.4, -0.2) is 41.0 Å². The van der Waals surface area contributed by atoms with Crippen molar-refractivity contribution in [2.45, 2.75) is 19.1 Å². The molecule has 0 aliphatic rings. The number of hydrogen-bond donors (Lipinski definition) is 3. The first-order valence-electron chi connectivity index (χ1n) is 13.5. The molecule has 0 fully saturated rings. The fourth-order valence-electron chi connectivity index (χ4n) is 3.79. The molecule has 2 heterocycles. The van der Waals surface area contributed by atoms with Gasteiger partial charge in [0.25, 0.3) is 11.8 Å². The molecule has 2 aromatic carbocycles. The summed E-state index contributed by atoms with van der Waals surface area (Å²) in [6, 6.07) is 6.03. The number of aromatic nitrogens is 3. The molecule has 0 aliphatic heterocycles. The first kappa shape index (κ1) is 18.7. The SMILES string of the molecule is [2H]C([2H])([2H])NC(=O)c1n[nH]c2cc(-c3cnc(OC([2H])([2H])[2H])c(C(=O)NC(C)c4cc(F)ccc4C(F)(F)F)c3)ccc12. The predicted octanol–water partition coefficient (Wildman–Crippen LogP) is 4.64. The number of benzene rings is 2. The van der Waals surface area contributed by atoms with Gasteiger partial charge < -0.3 is 15.4 Å². The topological polar surface area (TPSA) is 109 Å². The highest BCUT2D eigenvalue weighted by molar-refractivity contribution is 6.05. The number of halogens is 4. The van der Waals surface area contributed by atoms with Crippen molar-refractivity contribution in [3.05, 3.63) is 76.9 Å². The summed E-state index contributed by atoms with van der Waals surface area (Å²) in [4.78, 5) is 29.5. The summed E-state index contributed by atoms with van der Waals surface area (Å²) < 4.78 is 103. The largest absolute Gasteiger partial charge is 0.480 e. The number of amides is 2. The van der Waals surface area contributed by atoms with E-state index in [-0.39, 0.29) is 16.6 Å². The number of methoxy groups -OCH3 is 1. The number of nitrogens with zero attached hydrogens (tertiary/aromatic N) is 2. The minimum atomic E-state index is -4.85. The Morgan fingerprint density at radius 1 is 1.11 bits per heavy atom. The van der Waals surface area contributed by atoms with Crippen LogP contribution >= 0.6 is 0 Å². The monoisotopic (exact) mass is 521 g/mol. The van der Waals surface area contributed by atoms with E-state index in [2.05, 4.69) is 20.5 Å². The van der Waals surface area contributed by atoms with E-state index in [9.17, 15) is 27.2 Å². The van der Waals surface area contributed by atoms with E-state index in [1.165, 1.54) is 37.4 Å². The summed E-state index contributed by atoms with van der Waals surface area (Å²) in [7, 11) is -3.04. The Kier molecular flexibility index (Phi) is 5.00. The van der Waals surface area contributed by atoms with Gasteiger partial charge in [-0.1, -0.05) is 6.07 Å². The maximum Gasteiger partial charge on any atom is 0.416 e. The number of carbonyl (C=O) groups excluding carboxylic acids is 2. The van der Waals surface area contributed by atoms with Crippen molar-refractivity contribution < 1.29 is 40.1 Å². The third kappa shape index (κ3) is 5.08. The van der Waals surface area contributed by atoms with E-state index < -0.39 is 66.4 Å². The quantitative estimate of drug-likeness (QED) is 0.320. The molecule has 4 aromatic rings. The van der Waals surface area contributed by atoms with Gasteiger partial charge in [0.15, 0.2) is 5.69 Å². The highest BCUT2D eigenvalue weighted by Crippen LogP contribution is 2.35. The van der Waals surface area contributed by atoms with Gasteiger partial charge in [-0.25, -0.2) is 9.37 Å². The van der Waals surface area contributed by atoms with Crippen molar-refractivity contribution in [2.75, 3.05) is 14.0 Å². The van der Waals surface area contributed by atoms with Gasteiger partial charge >= 0.3 is 6.18 Å². The summed E-state index contributed by atoms with van der Waals surface area (Å²) >= 11 is 0. The molecular weight excluding hydrogens is 494 g/mol. The summed E-state index contributed by atoms with van der Waals surface area (Å²) in [5.74, 6) is -3.63. The average molecular weight is 522 g/mol. The van der Waals surface area contributed by atoms with Crippen LogP contribution in [0.1, 0.15) is 53.2 Å². The van der Waals surface area contributed by atoms with Gasteiger partial charge in [0, 0.05) is 28.2 Å². The number of hydrogen-bond acceptors (Lipinski definition) is 5. The Labute approximate surface area is 216 Å². The van der Waals surface area contributed by atoms with Crippen LogP contribution in [0.3, 0.4) is 0 Å². The molecule has 192 valence electrons. The van der Waals surface area contributed by atoms with Crippen LogP contribution in [0.5, 0.6) is 5.88 Å². The van der Waals surface area contributed by atoms with Crippen LogP contribution < -0.4 is 15.4 Å². The van der Waals surface area contributed by atoms with E-state index in [4.69, 9.17) is 13.0 Å². The molecule has 2 amide bonds. The van der Waals surface area contributed by atoms with Crippen molar-refractivity contribution in [3.8, 4) is 17.0 Å². The first-order chi connectivity index (χ1) is 19.8. The van der Waals surface area contributed by atoms with E-state index in [0.717, 1.165) is 0 Å². The Balaban J connectivity index is 1.71. The molecule has 37 heavy (non-hydrogen) atoms. The molecule has 12 heteroatoms. The predicted molar refractivity (Wildman–Crippen MR) is 127 cm³/mol. The highest BCUT2D eigenvalue weighted by Gasteiger charge is 2.35. The van der Waals surface area contributed by atoms with Gasteiger partial charge in [0.2, 0.25) is 5.88 Å². The maximum atomic E-state index is 13.8. The smallest absolute Gasteiger partial charge is 0.416 e. The Morgan fingerprint density at radius 3 is 2.65 bits per heavy atom. The second-order valence-electron chi connectivity index (χ2n) is 7.89. The molecule has 0 bridgehead atoms. The lowest BCUT2D eigenvalue weighted by atomic mass is 10.00. The molecule has 2 aromatic heterocycles. The van der Waals surface area contributed by atoms with Crippen LogP contribution in [0.2, 0.25) is 0 Å². The number of rotatable bonds is 6. The lowest BCUT2D eigenvalue weighted by molar-refractivity contribution is -0.138. The zero-order chi connectivity index (χ0) is 31.9. The molecule has 0 saturated carbocycles. The number of carbonyl (C=O) groups is 2. The minimum absolute atomic E-state index is 0.193. The number of nitrogens with one attached hydrogen (secondary N) is 3. The molecule has 0 saturated heterocycles. The van der Waals surface area contributed by atoms with Crippen LogP contribution in [0.4, 0.5) is 17.6 Å². The van der Waals surface area contributed by atoms with Crippen molar-refractivity contribution in [2.24, 2.45) is 0 Å². The molecule has 8 nitrogen and oxygen atoms in total. The molecule has 0 radical (unpaired) electrons. The zero-order valence-corrected chi connectivity index (χ0v) is 18.8. The van der Waals surface area contributed by atoms with E-state index in [1.54, 1.807) is 0 Å². The molecule has 4 rings (SSSR count). The molecule has 3 N–H and O–H groups in total. The van der Waals surface area contributed by atoms with Crippen molar-refractivity contribution >= 4 is 22.7 Å². The molecule has 0 aliphatic carbocycles. The van der Waals surface area contributed by atoms with Crippen LogP contribution in [0.15, 0.2) is 48.7 Å². The maximum absolute atomic E-state index is 13.8. The fourth-order valence-corrected chi connectivity index (χ4v) is 3.79. The van der Waals surface area contributed by atoms with Gasteiger partial charge in [-0.15, -0.1) is 0 Å². The normalized spacial score (nSPS) is 15.4. The molecule has 1 unspecified atom stereocenters. The van der Waals surface area contributed by atoms with E-state index >= 15 is 0 Å². The average Bonchev–Trinajstić information content (AvgIpc) is 3.29. The third-order valence-electron chi connectivity index (χ3n) is 5.55. The van der Waals surface area contributed by atoms with Gasteiger partial charge in [-0.2, -0.15) is 18.3 Å². The molecular formula is C25H21F4N5O3. The summed E-state index contributed by atoms with van der Waals surface area (Å²) in [6.07, 6.45) is -3.67. The number of alkyl halides is 3. The standard InChI is InChI=1S/C25H21F4N5O3/c1-12(17-10-15(26)5-7-19(17)25(27,28)29)32-22(35)18-8-14(11-31-24(18)37-3)13-4-6-16-20(9-13)33-34-21(16)23(36)30-2/h4-12H,1-3H3,(H,30,36)(H,32,35)(H,33,34)/i2D3,3D3. The van der Waals surface area contributed by atoms with Gasteiger partial charge in [-0.05, 0) is 54.4 Å². The molecule has 0 spiro atoms. The van der Waals surface area contributed by atoms with Crippen molar-refractivity contribution in [3.63, 3.8) is 0 Å². The van der Waals surface area contributed by atoms with Gasteiger partial charge in [-0.3, -0.25) is 14.7 Å². The number of ether oxygens (including phenoxy) is 1. The lowest BCUT2D eigenvalue weighted by Gasteiger charge is -2.20. The number of aromatic amines is 1. The number of pyridine rings is 1. The van der Waals surface area contributed by atoms with Crippen molar-refractivity contribution in [1.29, 1.82) is 0 Å². The molecule has 1 atom stereocenters. The summed E-state index contributed by atoms with van der Waals surface area (Å²) in [5, 5.41) is 10.8. The Morgan fingerprint density at radius 2 is 1.92 bits per heavy atom. The van der Waals surface area contributed by atoms with Crippen molar-refractivity contribution in [1.82, 2.24) is 25.8 Å². The Bertz CT molecular complexity index is 1710. The first-order valence-corrected chi connectivity index (χ1v) is 10.5. The van der Waals surface area contributed by atoms with Crippen LogP contribution in [0.25, 0.3) is 22.0 Å². The Hall–Kier alpha value is -4.48. The van der Waals surface area contributed by atoms with Gasteiger partial charge in [0.05, 0.1) is 28.3 Å². The second kappa shape index (κ2) is 9.88. The fraction of sp³-hybridized carbons (Fsp3) is 0.200. The third-order valence-corrected chi connectivity index (χ3v) is 5.55. The van der Waals surface area contributed by atoms with E-state index in [1.807, 2.05) is 5.32 Å². The second-order valence-corrected chi connectivity index (χ2v) is 7.89. The van der Waals surface area contributed by atoms with Crippen LogP contribution in [-0.2, 0) is 6.18 Å². The minimum Gasteiger partial charge on any atom is -0.480 e. The lowest BCUT2D eigenvalue weighted by Crippen LogP contribution is -2.29. The van der Waals surface area contributed by atoms with E-state index in [0.29, 0.717) is 29.3 Å². The number of fused-ring (bicyclic) bond motifs is 1. The summed E-state index contributed by atoms with van der Waals surface area (Å²) in [5.41, 5.74) is -1.49.